The Hall–Kier alpha value is -2.45. The van der Waals surface area contributed by atoms with E-state index in [1.54, 1.807) is 26.2 Å². The molecular formula is C24H33ClN2O5S. The van der Waals surface area contributed by atoms with Crippen LogP contribution in [0.4, 0.5) is 5.69 Å². The lowest BCUT2D eigenvalue weighted by molar-refractivity contribution is -0.122. The van der Waals surface area contributed by atoms with Gasteiger partial charge in [-0.2, -0.15) is 0 Å². The summed E-state index contributed by atoms with van der Waals surface area (Å²) >= 11 is 6.20. The van der Waals surface area contributed by atoms with Crippen LogP contribution in [0.1, 0.15) is 56.3 Å². The van der Waals surface area contributed by atoms with Crippen molar-refractivity contribution in [1.29, 1.82) is 0 Å². The number of carbonyl (C=O) groups is 1. The number of anilines is 1. The maximum atomic E-state index is 13.1. The summed E-state index contributed by atoms with van der Waals surface area (Å²) in [6.07, 6.45) is 1.06. The molecule has 182 valence electrons. The lowest BCUT2D eigenvalue weighted by atomic mass is 9.93. The van der Waals surface area contributed by atoms with Crippen molar-refractivity contribution in [2.75, 3.05) is 24.8 Å². The lowest BCUT2D eigenvalue weighted by Gasteiger charge is -2.30. The van der Waals surface area contributed by atoms with E-state index in [0.717, 1.165) is 33.0 Å². The highest BCUT2D eigenvalue weighted by molar-refractivity contribution is 7.92. The number of amides is 1. The first-order valence-electron chi connectivity index (χ1n) is 10.6. The molecule has 0 aromatic heterocycles. The molecule has 0 spiro atoms. The molecule has 9 heteroatoms. The monoisotopic (exact) mass is 496 g/mol. The first-order chi connectivity index (χ1) is 15.3. The van der Waals surface area contributed by atoms with Crippen LogP contribution >= 0.6 is 11.6 Å². The molecule has 0 fully saturated rings. The van der Waals surface area contributed by atoms with Crippen LogP contribution in [0.25, 0.3) is 0 Å². The molecule has 0 bridgehead atoms. The van der Waals surface area contributed by atoms with Gasteiger partial charge in [0.1, 0.15) is 17.5 Å². The number of hydrogen-bond acceptors (Lipinski definition) is 5. The van der Waals surface area contributed by atoms with E-state index in [2.05, 4.69) is 19.2 Å². The van der Waals surface area contributed by atoms with E-state index in [4.69, 9.17) is 21.1 Å². The number of halogens is 1. The van der Waals surface area contributed by atoms with E-state index in [-0.39, 0.29) is 22.7 Å². The SMILES string of the molecule is COc1ccc(N([C@@H](C)C(=O)N[C@H](C)c2cc(C(C)C)c(OC)cc2C)S(C)(=O)=O)cc1Cl. The second-order valence-electron chi connectivity index (χ2n) is 8.39. The quantitative estimate of drug-likeness (QED) is 0.538. The standard InChI is InChI=1S/C24H33ClN2O5S/c1-14(2)19-13-20(15(3)11-23(19)32-7)16(4)26-24(28)17(5)27(33(8,29)30)18-9-10-22(31-6)21(25)12-18/h9-14,16-17H,1-8H3,(H,26,28)/t16-,17+/m1/s1. The number of ether oxygens (including phenoxy) is 2. The molecule has 0 unspecified atom stereocenters. The molecule has 0 heterocycles. The number of aryl methyl sites for hydroxylation is 1. The van der Waals surface area contributed by atoms with Crippen molar-refractivity contribution < 1.29 is 22.7 Å². The van der Waals surface area contributed by atoms with Gasteiger partial charge in [-0.3, -0.25) is 9.10 Å². The summed E-state index contributed by atoms with van der Waals surface area (Å²) in [7, 11) is -0.670. The molecule has 2 aromatic rings. The summed E-state index contributed by atoms with van der Waals surface area (Å²) < 4.78 is 36.9. The lowest BCUT2D eigenvalue weighted by Crippen LogP contribution is -2.48. The van der Waals surface area contributed by atoms with E-state index in [0.29, 0.717) is 5.75 Å². The summed E-state index contributed by atoms with van der Waals surface area (Å²) in [5.74, 6) is 1.02. The first-order valence-corrected chi connectivity index (χ1v) is 12.9. The van der Waals surface area contributed by atoms with Gasteiger partial charge >= 0.3 is 0 Å². The Morgan fingerprint density at radius 3 is 2.09 bits per heavy atom. The highest BCUT2D eigenvalue weighted by atomic mass is 35.5. The number of carbonyl (C=O) groups excluding carboxylic acids is 1. The van der Waals surface area contributed by atoms with Crippen LogP contribution in [0, 0.1) is 6.92 Å². The van der Waals surface area contributed by atoms with E-state index >= 15 is 0 Å². The highest BCUT2D eigenvalue weighted by Gasteiger charge is 2.30. The molecule has 0 saturated carbocycles. The van der Waals surface area contributed by atoms with Gasteiger partial charge in [0.2, 0.25) is 15.9 Å². The molecule has 7 nitrogen and oxygen atoms in total. The zero-order chi connectivity index (χ0) is 25.1. The number of hydrogen-bond donors (Lipinski definition) is 1. The predicted molar refractivity (Wildman–Crippen MR) is 133 cm³/mol. The minimum Gasteiger partial charge on any atom is -0.496 e. The molecule has 2 aromatic carbocycles. The molecule has 2 atom stereocenters. The normalized spacial score (nSPS) is 13.4. The van der Waals surface area contributed by atoms with Crippen LogP contribution in [0.15, 0.2) is 30.3 Å². The molecule has 1 amide bonds. The zero-order valence-corrected chi connectivity index (χ0v) is 22.0. The molecule has 2 rings (SSSR count). The fourth-order valence-corrected chi connectivity index (χ4v) is 5.24. The summed E-state index contributed by atoms with van der Waals surface area (Å²) in [6.45, 7) is 9.52. The van der Waals surface area contributed by atoms with Gasteiger partial charge < -0.3 is 14.8 Å². The molecule has 0 radical (unpaired) electrons. The average molecular weight is 497 g/mol. The number of rotatable bonds is 9. The van der Waals surface area contributed by atoms with E-state index in [9.17, 15) is 13.2 Å². The van der Waals surface area contributed by atoms with Gasteiger partial charge in [-0.05, 0) is 73.7 Å². The van der Waals surface area contributed by atoms with Gasteiger partial charge in [0.05, 0.1) is 37.2 Å². The second-order valence-corrected chi connectivity index (χ2v) is 10.7. The van der Waals surface area contributed by atoms with E-state index in [1.165, 1.54) is 13.2 Å². The predicted octanol–water partition coefficient (Wildman–Crippen LogP) is 4.82. The average Bonchev–Trinajstić information content (AvgIpc) is 2.72. The molecule has 1 N–H and O–H groups in total. The van der Waals surface area contributed by atoms with Crippen LogP contribution < -0.4 is 19.1 Å². The van der Waals surface area contributed by atoms with Crippen LogP contribution in [0.2, 0.25) is 5.02 Å². The molecule has 0 aliphatic rings. The minimum atomic E-state index is -3.78. The molecular weight excluding hydrogens is 464 g/mol. The number of methoxy groups -OCH3 is 2. The van der Waals surface area contributed by atoms with Crippen LogP contribution in [-0.4, -0.2) is 40.8 Å². The number of sulfonamides is 1. The summed E-state index contributed by atoms with van der Waals surface area (Å²) in [4.78, 5) is 13.1. The van der Waals surface area contributed by atoms with Gasteiger partial charge in [-0.25, -0.2) is 8.42 Å². The Balaban J connectivity index is 2.36. The van der Waals surface area contributed by atoms with Crippen molar-refractivity contribution in [2.24, 2.45) is 0 Å². The Morgan fingerprint density at radius 2 is 1.61 bits per heavy atom. The topological polar surface area (TPSA) is 84.9 Å². The van der Waals surface area contributed by atoms with Crippen LogP contribution in [-0.2, 0) is 14.8 Å². The largest absolute Gasteiger partial charge is 0.496 e. The van der Waals surface area contributed by atoms with Crippen LogP contribution in [0.3, 0.4) is 0 Å². The zero-order valence-electron chi connectivity index (χ0n) is 20.4. The Labute approximate surface area is 202 Å². The third-order valence-electron chi connectivity index (χ3n) is 5.54. The van der Waals surface area contributed by atoms with Crippen molar-refractivity contribution in [2.45, 2.75) is 52.6 Å². The molecule has 0 saturated heterocycles. The van der Waals surface area contributed by atoms with Crippen LogP contribution in [0.5, 0.6) is 11.5 Å². The number of nitrogens with one attached hydrogen (secondary N) is 1. The first kappa shape index (κ1) is 26.8. The third-order valence-corrected chi connectivity index (χ3v) is 7.08. The third kappa shape index (κ3) is 6.12. The second kappa shape index (κ2) is 10.7. The van der Waals surface area contributed by atoms with Gasteiger partial charge in [0.15, 0.2) is 0 Å². The van der Waals surface area contributed by atoms with Crippen molar-refractivity contribution >= 4 is 33.2 Å². The smallest absolute Gasteiger partial charge is 0.244 e. The van der Waals surface area contributed by atoms with Crippen molar-refractivity contribution in [3.05, 3.63) is 52.0 Å². The van der Waals surface area contributed by atoms with Gasteiger partial charge in [0.25, 0.3) is 0 Å². The Morgan fingerprint density at radius 1 is 1.00 bits per heavy atom. The van der Waals surface area contributed by atoms with Crippen molar-refractivity contribution in [1.82, 2.24) is 5.32 Å². The minimum absolute atomic E-state index is 0.238. The maximum Gasteiger partial charge on any atom is 0.244 e. The summed E-state index contributed by atoms with van der Waals surface area (Å²) in [6, 6.07) is 7.24. The molecule has 0 aliphatic heterocycles. The number of nitrogens with zero attached hydrogens (tertiary/aromatic N) is 1. The van der Waals surface area contributed by atoms with E-state index in [1.807, 2.05) is 26.0 Å². The highest BCUT2D eigenvalue weighted by Crippen LogP contribution is 2.33. The summed E-state index contributed by atoms with van der Waals surface area (Å²) in [5, 5.41) is 3.21. The Kier molecular flexibility index (Phi) is 8.65. The van der Waals surface area contributed by atoms with Gasteiger partial charge in [0, 0.05) is 0 Å². The fraction of sp³-hybridized carbons (Fsp3) is 0.458. The molecule has 0 aliphatic carbocycles. The Bertz CT molecular complexity index is 1120. The van der Waals surface area contributed by atoms with Gasteiger partial charge in [-0.15, -0.1) is 0 Å². The molecule has 33 heavy (non-hydrogen) atoms. The van der Waals surface area contributed by atoms with E-state index < -0.39 is 22.0 Å². The number of benzene rings is 2. The van der Waals surface area contributed by atoms with Crippen molar-refractivity contribution in [3.63, 3.8) is 0 Å². The summed E-state index contributed by atoms with van der Waals surface area (Å²) in [5.41, 5.74) is 3.23. The maximum absolute atomic E-state index is 13.1. The van der Waals surface area contributed by atoms with Gasteiger partial charge in [-0.1, -0.05) is 25.4 Å². The fourth-order valence-electron chi connectivity index (χ4n) is 3.82. The van der Waals surface area contributed by atoms with Crippen molar-refractivity contribution in [3.8, 4) is 11.5 Å².